The average Bonchev–Trinajstić information content (AvgIpc) is 3.09. The largest absolute Gasteiger partial charge is 0.464 e. The van der Waals surface area contributed by atoms with Gasteiger partial charge in [-0.25, -0.2) is 0 Å². The van der Waals surface area contributed by atoms with E-state index in [-0.39, 0.29) is 5.91 Å². The zero-order valence-electron chi connectivity index (χ0n) is 15.3. The van der Waals surface area contributed by atoms with E-state index in [1.165, 1.54) is 0 Å². The van der Waals surface area contributed by atoms with Crippen molar-refractivity contribution in [1.82, 2.24) is 4.90 Å². The molecule has 0 aliphatic carbocycles. The Kier molecular flexibility index (Phi) is 4.55. The molecule has 0 N–H and O–H groups in total. The van der Waals surface area contributed by atoms with Crippen LogP contribution in [-0.4, -0.2) is 37.0 Å². The van der Waals surface area contributed by atoms with Crippen LogP contribution in [0.4, 0.5) is 5.69 Å². The molecule has 27 heavy (non-hydrogen) atoms. The highest BCUT2D eigenvalue weighted by Crippen LogP contribution is 2.24. The fourth-order valence-corrected chi connectivity index (χ4v) is 3.64. The van der Waals surface area contributed by atoms with Crippen LogP contribution in [0, 0.1) is 18.3 Å². The number of piperazine rings is 1. The number of nitriles is 1. The molecule has 0 radical (unpaired) electrons. The summed E-state index contributed by atoms with van der Waals surface area (Å²) in [6.07, 6.45) is 2.05. The van der Waals surface area contributed by atoms with Gasteiger partial charge in [-0.1, -0.05) is 24.3 Å². The fourth-order valence-electron chi connectivity index (χ4n) is 3.64. The van der Waals surface area contributed by atoms with Gasteiger partial charge >= 0.3 is 0 Å². The average molecular weight is 359 g/mol. The number of rotatable bonds is 3. The summed E-state index contributed by atoms with van der Waals surface area (Å²) in [6, 6.07) is 15.9. The quantitative estimate of drug-likeness (QED) is 0.718. The SMILES string of the molecule is Cc1ccc2c(CC(=O)N3CCN(c4ccccc4C#N)CC3)coc2c1. The number of furan rings is 1. The van der Waals surface area contributed by atoms with E-state index in [1.807, 2.05) is 54.3 Å². The smallest absolute Gasteiger partial charge is 0.227 e. The number of nitrogens with zero attached hydrogens (tertiary/aromatic N) is 3. The molecule has 1 aliphatic heterocycles. The Labute approximate surface area is 158 Å². The van der Waals surface area contributed by atoms with Crippen molar-refractivity contribution in [2.75, 3.05) is 31.1 Å². The van der Waals surface area contributed by atoms with Gasteiger partial charge < -0.3 is 14.2 Å². The van der Waals surface area contributed by atoms with E-state index >= 15 is 0 Å². The van der Waals surface area contributed by atoms with Crippen LogP contribution in [-0.2, 0) is 11.2 Å². The molecule has 5 nitrogen and oxygen atoms in total. The molecule has 3 aromatic rings. The number of aryl methyl sites for hydroxylation is 1. The van der Waals surface area contributed by atoms with Crippen LogP contribution in [0.3, 0.4) is 0 Å². The number of fused-ring (bicyclic) bond motifs is 1. The van der Waals surface area contributed by atoms with Crippen LogP contribution in [0.5, 0.6) is 0 Å². The van der Waals surface area contributed by atoms with Gasteiger partial charge in [0.25, 0.3) is 0 Å². The van der Waals surface area contributed by atoms with E-state index in [1.54, 1.807) is 6.26 Å². The standard InChI is InChI=1S/C22H21N3O2/c1-16-6-7-19-18(15-27-21(19)12-16)13-22(26)25-10-8-24(9-11-25)20-5-3-2-4-17(20)14-23/h2-7,12,15H,8-11,13H2,1H3. The molecule has 1 aliphatic rings. The third kappa shape index (κ3) is 3.39. The molecular formula is C22H21N3O2. The Balaban J connectivity index is 1.42. The second-order valence-electron chi connectivity index (χ2n) is 6.93. The summed E-state index contributed by atoms with van der Waals surface area (Å²) in [4.78, 5) is 16.8. The van der Waals surface area contributed by atoms with Gasteiger partial charge in [0, 0.05) is 37.1 Å². The van der Waals surface area contributed by atoms with Crippen LogP contribution in [0.15, 0.2) is 53.1 Å². The van der Waals surface area contributed by atoms with Crippen LogP contribution in [0.2, 0.25) is 0 Å². The Morgan fingerprint density at radius 2 is 1.93 bits per heavy atom. The van der Waals surface area contributed by atoms with Gasteiger partial charge in [0.05, 0.1) is 23.9 Å². The number of amides is 1. The van der Waals surface area contributed by atoms with E-state index in [0.29, 0.717) is 25.1 Å². The first-order chi connectivity index (χ1) is 13.2. The lowest BCUT2D eigenvalue weighted by molar-refractivity contribution is -0.130. The lowest BCUT2D eigenvalue weighted by Crippen LogP contribution is -2.49. The number of benzene rings is 2. The molecule has 4 rings (SSSR count). The Bertz CT molecular complexity index is 1020. The zero-order valence-corrected chi connectivity index (χ0v) is 15.3. The molecule has 0 unspecified atom stereocenters. The predicted octanol–water partition coefficient (Wildman–Crippen LogP) is 3.50. The van der Waals surface area contributed by atoms with Crippen molar-refractivity contribution in [3.63, 3.8) is 0 Å². The second kappa shape index (κ2) is 7.16. The lowest BCUT2D eigenvalue weighted by atomic mass is 10.1. The summed E-state index contributed by atoms with van der Waals surface area (Å²) in [7, 11) is 0. The highest BCUT2D eigenvalue weighted by atomic mass is 16.3. The normalized spacial score (nSPS) is 14.4. The maximum absolute atomic E-state index is 12.8. The van der Waals surface area contributed by atoms with Crippen molar-refractivity contribution in [1.29, 1.82) is 5.26 Å². The molecule has 1 fully saturated rings. The van der Waals surface area contributed by atoms with E-state index in [9.17, 15) is 10.1 Å². The first-order valence-corrected chi connectivity index (χ1v) is 9.14. The summed E-state index contributed by atoms with van der Waals surface area (Å²) < 4.78 is 5.61. The van der Waals surface area contributed by atoms with E-state index in [0.717, 1.165) is 40.9 Å². The molecule has 136 valence electrons. The monoisotopic (exact) mass is 359 g/mol. The van der Waals surface area contributed by atoms with Gasteiger partial charge in [-0.2, -0.15) is 5.26 Å². The number of anilines is 1. The Hall–Kier alpha value is -3.26. The molecule has 0 bridgehead atoms. The molecule has 2 aromatic carbocycles. The van der Waals surface area contributed by atoms with Crippen molar-refractivity contribution in [2.24, 2.45) is 0 Å². The third-order valence-corrected chi connectivity index (χ3v) is 5.15. The van der Waals surface area contributed by atoms with Gasteiger partial charge in [-0.15, -0.1) is 0 Å². The molecule has 1 amide bonds. The summed E-state index contributed by atoms with van der Waals surface area (Å²) in [6.45, 7) is 4.81. The fraction of sp³-hybridized carbons (Fsp3) is 0.273. The van der Waals surface area contributed by atoms with Crippen molar-refractivity contribution in [2.45, 2.75) is 13.3 Å². The number of hydrogen-bond donors (Lipinski definition) is 0. The Morgan fingerprint density at radius 3 is 2.70 bits per heavy atom. The number of carbonyl (C=O) groups is 1. The lowest BCUT2D eigenvalue weighted by Gasteiger charge is -2.36. The number of para-hydroxylation sites is 1. The number of carbonyl (C=O) groups excluding carboxylic acids is 1. The van der Waals surface area contributed by atoms with Crippen LogP contribution >= 0.6 is 0 Å². The van der Waals surface area contributed by atoms with Crippen LogP contribution in [0.25, 0.3) is 11.0 Å². The highest BCUT2D eigenvalue weighted by molar-refractivity contribution is 5.88. The third-order valence-electron chi connectivity index (χ3n) is 5.15. The van der Waals surface area contributed by atoms with Gasteiger partial charge in [0.1, 0.15) is 11.7 Å². The van der Waals surface area contributed by atoms with Crippen molar-refractivity contribution in [3.05, 3.63) is 65.4 Å². The van der Waals surface area contributed by atoms with Crippen LogP contribution in [0.1, 0.15) is 16.7 Å². The van der Waals surface area contributed by atoms with Crippen LogP contribution < -0.4 is 4.90 Å². The molecule has 2 heterocycles. The van der Waals surface area contributed by atoms with Gasteiger partial charge in [-0.05, 0) is 30.7 Å². The summed E-state index contributed by atoms with van der Waals surface area (Å²) >= 11 is 0. The minimum atomic E-state index is 0.117. The van der Waals surface area contributed by atoms with Crippen molar-refractivity contribution in [3.8, 4) is 6.07 Å². The molecule has 0 atom stereocenters. The first-order valence-electron chi connectivity index (χ1n) is 9.14. The molecule has 5 heteroatoms. The number of hydrogen-bond acceptors (Lipinski definition) is 4. The van der Waals surface area contributed by atoms with E-state index < -0.39 is 0 Å². The maximum Gasteiger partial charge on any atom is 0.227 e. The second-order valence-corrected chi connectivity index (χ2v) is 6.93. The van der Waals surface area contributed by atoms with Gasteiger partial charge in [0.15, 0.2) is 0 Å². The minimum absolute atomic E-state index is 0.117. The van der Waals surface area contributed by atoms with E-state index in [4.69, 9.17) is 4.42 Å². The highest BCUT2D eigenvalue weighted by Gasteiger charge is 2.23. The van der Waals surface area contributed by atoms with Gasteiger partial charge in [0.2, 0.25) is 5.91 Å². The molecule has 0 saturated carbocycles. The van der Waals surface area contributed by atoms with Gasteiger partial charge in [-0.3, -0.25) is 4.79 Å². The molecule has 1 aromatic heterocycles. The summed E-state index contributed by atoms with van der Waals surface area (Å²) in [5.74, 6) is 0.117. The Morgan fingerprint density at radius 1 is 1.15 bits per heavy atom. The summed E-state index contributed by atoms with van der Waals surface area (Å²) in [5.41, 5.74) is 4.53. The molecular weight excluding hydrogens is 338 g/mol. The van der Waals surface area contributed by atoms with Crippen molar-refractivity contribution >= 4 is 22.6 Å². The molecule has 1 saturated heterocycles. The van der Waals surface area contributed by atoms with E-state index in [2.05, 4.69) is 11.0 Å². The van der Waals surface area contributed by atoms with Crippen molar-refractivity contribution < 1.29 is 9.21 Å². The topological polar surface area (TPSA) is 60.5 Å². The summed E-state index contributed by atoms with van der Waals surface area (Å²) in [5, 5.41) is 10.3. The first kappa shape index (κ1) is 17.2. The predicted molar refractivity (Wildman–Crippen MR) is 105 cm³/mol. The maximum atomic E-state index is 12.8. The minimum Gasteiger partial charge on any atom is -0.464 e. The molecule has 0 spiro atoms. The zero-order chi connectivity index (χ0) is 18.8.